The van der Waals surface area contributed by atoms with Crippen molar-refractivity contribution in [3.8, 4) is 0 Å². The van der Waals surface area contributed by atoms with Crippen molar-refractivity contribution in [3.63, 3.8) is 0 Å². The first-order chi connectivity index (χ1) is 7.94. The fraction of sp³-hybridized carbons (Fsp3) is 0.833. The standard InChI is InChI=1S/C12H21N3O2/c1-8-3-4-9(10(13)16)7-15(8)11(17)12(14)5-2-6-12/h8-9H,2-7,14H2,1H3,(H2,13,16). The molecular weight excluding hydrogens is 218 g/mol. The van der Waals surface area contributed by atoms with E-state index < -0.39 is 5.54 Å². The van der Waals surface area contributed by atoms with E-state index in [-0.39, 0.29) is 23.8 Å². The molecule has 0 aromatic heterocycles. The molecule has 2 rings (SSSR count). The van der Waals surface area contributed by atoms with E-state index in [2.05, 4.69) is 0 Å². The van der Waals surface area contributed by atoms with Crippen molar-refractivity contribution >= 4 is 11.8 Å². The molecule has 5 nitrogen and oxygen atoms in total. The van der Waals surface area contributed by atoms with Gasteiger partial charge in [0.2, 0.25) is 11.8 Å². The SMILES string of the molecule is CC1CCC(C(N)=O)CN1C(=O)C1(N)CCC1. The van der Waals surface area contributed by atoms with Gasteiger partial charge in [-0.1, -0.05) is 0 Å². The summed E-state index contributed by atoms with van der Waals surface area (Å²) in [5.41, 5.74) is 10.7. The van der Waals surface area contributed by atoms with Crippen molar-refractivity contribution in [2.45, 2.75) is 50.6 Å². The molecule has 2 fully saturated rings. The smallest absolute Gasteiger partial charge is 0.242 e. The zero-order valence-electron chi connectivity index (χ0n) is 10.3. The highest BCUT2D eigenvalue weighted by Gasteiger charge is 2.45. The molecule has 0 spiro atoms. The fourth-order valence-corrected chi connectivity index (χ4v) is 2.68. The number of primary amides is 1. The molecule has 96 valence electrons. The highest BCUT2D eigenvalue weighted by molar-refractivity contribution is 5.88. The molecule has 4 N–H and O–H groups in total. The molecule has 5 heteroatoms. The Bertz CT molecular complexity index is 339. The summed E-state index contributed by atoms with van der Waals surface area (Å²) in [7, 11) is 0. The van der Waals surface area contributed by atoms with Gasteiger partial charge in [-0.3, -0.25) is 9.59 Å². The lowest BCUT2D eigenvalue weighted by Crippen LogP contribution is -2.63. The van der Waals surface area contributed by atoms with Crippen LogP contribution in [0, 0.1) is 5.92 Å². The third kappa shape index (κ3) is 2.16. The summed E-state index contributed by atoms with van der Waals surface area (Å²) in [5.74, 6) is -0.518. The second-order valence-corrected chi connectivity index (χ2v) is 5.49. The minimum Gasteiger partial charge on any atom is -0.369 e. The molecule has 1 aliphatic carbocycles. The molecule has 17 heavy (non-hydrogen) atoms. The summed E-state index contributed by atoms with van der Waals surface area (Å²) in [4.78, 5) is 25.3. The van der Waals surface area contributed by atoms with Gasteiger partial charge in [0.05, 0.1) is 11.5 Å². The van der Waals surface area contributed by atoms with Crippen molar-refractivity contribution in [3.05, 3.63) is 0 Å². The molecule has 0 aromatic carbocycles. The largest absolute Gasteiger partial charge is 0.369 e. The monoisotopic (exact) mass is 239 g/mol. The number of carbonyl (C=O) groups is 2. The van der Waals surface area contributed by atoms with Gasteiger partial charge in [-0.2, -0.15) is 0 Å². The van der Waals surface area contributed by atoms with Crippen molar-refractivity contribution in [1.29, 1.82) is 0 Å². The number of nitrogens with zero attached hydrogens (tertiary/aromatic N) is 1. The Hall–Kier alpha value is -1.10. The molecular formula is C12H21N3O2. The molecule has 2 amide bonds. The van der Waals surface area contributed by atoms with Gasteiger partial charge in [-0.05, 0) is 39.0 Å². The predicted octanol–water partition coefficient (Wildman–Crippen LogP) is -0.0198. The summed E-state index contributed by atoms with van der Waals surface area (Å²) in [6.45, 7) is 2.45. The lowest BCUT2D eigenvalue weighted by Gasteiger charge is -2.45. The normalized spacial score (nSPS) is 31.8. The Morgan fingerprint density at radius 3 is 2.41 bits per heavy atom. The number of hydrogen-bond acceptors (Lipinski definition) is 3. The van der Waals surface area contributed by atoms with Crippen LogP contribution in [0.25, 0.3) is 0 Å². The zero-order chi connectivity index (χ0) is 12.6. The van der Waals surface area contributed by atoms with Crippen LogP contribution in [0.15, 0.2) is 0 Å². The predicted molar refractivity (Wildman–Crippen MR) is 63.9 cm³/mol. The van der Waals surface area contributed by atoms with Gasteiger partial charge in [0, 0.05) is 12.6 Å². The van der Waals surface area contributed by atoms with E-state index in [4.69, 9.17) is 11.5 Å². The van der Waals surface area contributed by atoms with Crippen LogP contribution in [-0.4, -0.2) is 34.8 Å². The Morgan fingerprint density at radius 2 is 1.94 bits per heavy atom. The van der Waals surface area contributed by atoms with Gasteiger partial charge in [-0.25, -0.2) is 0 Å². The Morgan fingerprint density at radius 1 is 1.29 bits per heavy atom. The Kier molecular flexibility index (Phi) is 3.12. The van der Waals surface area contributed by atoms with Crippen LogP contribution in [0.3, 0.4) is 0 Å². The quantitative estimate of drug-likeness (QED) is 0.709. The van der Waals surface area contributed by atoms with E-state index in [1.165, 1.54) is 0 Å². The van der Waals surface area contributed by atoms with Gasteiger partial charge in [-0.15, -0.1) is 0 Å². The van der Waals surface area contributed by atoms with Crippen molar-refractivity contribution in [2.75, 3.05) is 6.54 Å². The van der Waals surface area contributed by atoms with Crippen LogP contribution >= 0.6 is 0 Å². The number of carbonyl (C=O) groups excluding carboxylic acids is 2. The molecule has 0 radical (unpaired) electrons. The molecule has 1 saturated heterocycles. The molecule has 1 saturated carbocycles. The van der Waals surface area contributed by atoms with Gasteiger partial charge >= 0.3 is 0 Å². The third-order valence-corrected chi connectivity index (χ3v) is 4.22. The van der Waals surface area contributed by atoms with E-state index in [1.54, 1.807) is 4.90 Å². The number of likely N-dealkylation sites (tertiary alicyclic amines) is 1. The fourth-order valence-electron chi connectivity index (χ4n) is 2.68. The lowest BCUT2D eigenvalue weighted by molar-refractivity contribution is -0.145. The number of hydrogen-bond donors (Lipinski definition) is 2. The van der Waals surface area contributed by atoms with Crippen molar-refractivity contribution < 1.29 is 9.59 Å². The van der Waals surface area contributed by atoms with Crippen molar-refractivity contribution in [1.82, 2.24) is 4.90 Å². The maximum Gasteiger partial charge on any atom is 0.242 e. The topological polar surface area (TPSA) is 89.4 Å². The molecule has 0 bridgehead atoms. The summed E-state index contributed by atoms with van der Waals surface area (Å²) >= 11 is 0. The summed E-state index contributed by atoms with van der Waals surface area (Å²) in [5, 5.41) is 0. The molecule has 2 aliphatic rings. The molecule has 2 unspecified atom stereocenters. The maximum absolute atomic E-state index is 12.3. The lowest BCUT2D eigenvalue weighted by atomic mass is 9.75. The van der Waals surface area contributed by atoms with Crippen LogP contribution in [0.1, 0.15) is 39.0 Å². The third-order valence-electron chi connectivity index (χ3n) is 4.22. The van der Waals surface area contributed by atoms with Gasteiger partial charge in [0.1, 0.15) is 0 Å². The highest BCUT2D eigenvalue weighted by atomic mass is 16.2. The zero-order valence-corrected chi connectivity index (χ0v) is 10.3. The molecule has 2 atom stereocenters. The van der Waals surface area contributed by atoms with Gasteiger partial charge < -0.3 is 16.4 Å². The van der Waals surface area contributed by atoms with E-state index in [9.17, 15) is 9.59 Å². The summed E-state index contributed by atoms with van der Waals surface area (Å²) < 4.78 is 0. The number of amides is 2. The van der Waals surface area contributed by atoms with E-state index in [1.807, 2.05) is 6.92 Å². The first-order valence-corrected chi connectivity index (χ1v) is 6.33. The first-order valence-electron chi connectivity index (χ1n) is 6.33. The first kappa shape index (κ1) is 12.4. The van der Waals surface area contributed by atoms with Crippen molar-refractivity contribution in [2.24, 2.45) is 17.4 Å². The van der Waals surface area contributed by atoms with Crippen LogP contribution in [0.4, 0.5) is 0 Å². The second kappa shape index (κ2) is 4.29. The number of nitrogens with two attached hydrogens (primary N) is 2. The number of piperidine rings is 1. The highest BCUT2D eigenvalue weighted by Crippen LogP contribution is 2.33. The minimum absolute atomic E-state index is 0.00204. The molecule has 0 aromatic rings. The summed E-state index contributed by atoms with van der Waals surface area (Å²) in [6, 6.07) is 0.166. The molecule has 1 aliphatic heterocycles. The van der Waals surface area contributed by atoms with E-state index in [0.29, 0.717) is 6.54 Å². The maximum atomic E-state index is 12.3. The molecule has 1 heterocycles. The average molecular weight is 239 g/mol. The van der Waals surface area contributed by atoms with Gasteiger partial charge in [0.25, 0.3) is 0 Å². The minimum atomic E-state index is -0.673. The summed E-state index contributed by atoms with van der Waals surface area (Å²) in [6.07, 6.45) is 4.14. The van der Waals surface area contributed by atoms with E-state index in [0.717, 1.165) is 32.1 Å². The van der Waals surface area contributed by atoms with Gasteiger partial charge in [0.15, 0.2) is 0 Å². The van der Waals surface area contributed by atoms with E-state index >= 15 is 0 Å². The van der Waals surface area contributed by atoms with Crippen LogP contribution in [0.5, 0.6) is 0 Å². The average Bonchev–Trinajstić information content (AvgIpc) is 2.25. The second-order valence-electron chi connectivity index (χ2n) is 5.49. The Labute approximate surface area is 102 Å². The van der Waals surface area contributed by atoms with Crippen LogP contribution in [0.2, 0.25) is 0 Å². The number of rotatable bonds is 2. The Balaban J connectivity index is 2.07. The van der Waals surface area contributed by atoms with Crippen LogP contribution in [-0.2, 0) is 9.59 Å². The van der Waals surface area contributed by atoms with Crippen LogP contribution < -0.4 is 11.5 Å².